The van der Waals surface area contributed by atoms with Crippen molar-refractivity contribution >= 4 is 22.8 Å². The lowest BCUT2D eigenvalue weighted by Gasteiger charge is -2.53. The topological polar surface area (TPSA) is 75.0 Å². The van der Waals surface area contributed by atoms with E-state index in [0.717, 1.165) is 31.4 Å². The number of rotatable bonds is 7. The summed E-state index contributed by atoms with van der Waals surface area (Å²) in [5.74, 6) is 0.295. The molecule has 3 atom stereocenters. The molecule has 3 aliphatic heterocycles. The summed E-state index contributed by atoms with van der Waals surface area (Å²) in [6, 6.07) is 8.54. The zero-order valence-corrected chi connectivity index (χ0v) is 23.7. The van der Waals surface area contributed by atoms with Crippen LogP contribution in [0.4, 0.5) is 20.5 Å². The molecule has 3 saturated heterocycles. The van der Waals surface area contributed by atoms with E-state index in [0.29, 0.717) is 34.8 Å². The van der Waals surface area contributed by atoms with E-state index in [1.54, 1.807) is 6.07 Å². The Bertz CT molecular complexity index is 1530. The van der Waals surface area contributed by atoms with Crippen LogP contribution < -0.4 is 5.32 Å². The molecule has 8 nitrogen and oxygen atoms in total. The highest BCUT2D eigenvalue weighted by Crippen LogP contribution is 2.35. The van der Waals surface area contributed by atoms with Crippen molar-refractivity contribution in [3.63, 3.8) is 0 Å². The molecule has 0 spiro atoms. The van der Waals surface area contributed by atoms with Gasteiger partial charge in [-0.25, -0.2) is 28.7 Å². The van der Waals surface area contributed by atoms with Gasteiger partial charge in [-0.3, -0.25) is 9.80 Å². The Morgan fingerprint density at radius 1 is 0.975 bits per heavy atom. The van der Waals surface area contributed by atoms with Gasteiger partial charge in [0.15, 0.2) is 11.6 Å². The van der Waals surface area contributed by atoms with Gasteiger partial charge in [0.1, 0.15) is 22.9 Å². The summed E-state index contributed by atoms with van der Waals surface area (Å²) in [5.41, 5.74) is 2.36. The average Bonchev–Trinajstić information content (AvgIpc) is 3.30. The number of pyridine rings is 1. The fraction of sp³-hybridized carbons (Fsp3) is 0.467. The van der Waals surface area contributed by atoms with Crippen LogP contribution >= 0.6 is 0 Å². The van der Waals surface area contributed by atoms with Crippen molar-refractivity contribution in [2.75, 3.05) is 25.0 Å². The van der Waals surface area contributed by atoms with Crippen LogP contribution in [0.1, 0.15) is 64.0 Å². The Balaban J connectivity index is 1.22. The fourth-order valence-corrected chi connectivity index (χ4v) is 6.53. The first-order valence-corrected chi connectivity index (χ1v) is 14.2. The molecular weight excluding hydrogens is 510 g/mol. The molecule has 1 N–H and O–H groups in total. The third-order valence-electron chi connectivity index (χ3n) is 8.56. The van der Waals surface area contributed by atoms with Crippen molar-refractivity contribution in [2.24, 2.45) is 0 Å². The van der Waals surface area contributed by atoms with Crippen LogP contribution in [0.25, 0.3) is 22.3 Å². The Labute approximate surface area is 233 Å². The number of halogens is 2. The zero-order valence-electron chi connectivity index (χ0n) is 23.7. The number of likely N-dealkylation sites (N-methyl/N-ethyl adjacent to an activating group) is 1. The Morgan fingerprint density at radius 3 is 2.45 bits per heavy atom. The standard InChI is InChI=1S/C30H36F2N8/c1-6-38-15-23-9-8-22(38)16-39(23)18(4)20-7-10-27(33-13-20)36-30-34-14-25(32)28(37-30)21-11-24(31)29-26(12-21)40(17(2)3)19(5)35-29/h7,10-14,17-18,22-23H,6,8-9,15-16H2,1-5H3,(H,33,34,36,37). The third-order valence-corrected chi connectivity index (χ3v) is 8.56. The third kappa shape index (κ3) is 4.73. The lowest BCUT2D eigenvalue weighted by molar-refractivity contribution is -0.0377. The Kier molecular flexibility index (Phi) is 7.00. The van der Waals surface area contributed by atoms with Gasteiger partial charge in [0.25, 0.3) is 0 Å². The molecular formula is C30H36F2N8. The van der Waals surface area contributed by atoms with Crippen molar-refractivity contribution < 1.29 is 8.78 Å². The monoisotopic (exact) mass is 546 g/mol. The smallest absolute Gasteiger partial charge is 0.229 e. The molecule has 2 bridgehead atoms. The molecule has 3 unspecified atom stereocenters. The van der Waals surface area contributed by atoms with E-state index in [1.807, 2.05) is 37.6 Å². The zero-order chi connectivity index (χ0) is 28.1. The van der Waals surface area contributed by atoms with Crippen LogP contribution in [0.3, 0.4) is 0 Å². The molecule has 3 aromatic heterocycles. The second-order valence-corrected chi connectivity index (χ2v) is 11.3. The SMILES string of the molecule is CCN1CC2CCC1CN2C(C)c1ccc(Nc2ncc(F)c(-c3cc(F)c4nc(C)n(C(C)C)c4c3)n2)nc1. The lowest BCUT2D eigenvalue weighted by atomic mass is 9.88. The first-order chi connectivity index (χ1) is 19.2. The molecule has 0 aliphatic carbocycles. The molecule has 3 fully saturated rings. The van der Waals surface area contributed by atoms with Crippen LogP contribution in [-0.2, 0) is 0 Å². The largest absolute Gasteiger partial charge is 0.326 e. The van der Waals surface area contributed by atoms with Gasteiger partial charge < -0.3 is 9.88 Å². The number of piperidine rings is 2. The minimum atomic E-state index is -0.633. The van der Waals surface area contributed by atoms with Gasteiger partial charge in [-0.1, -0.05) is 13.0 Å². The molecule has 6 heterocycles. The van der Waals surface area contributed by atoms with Gasteiger partial charge in [0.05, 0.1) is 11.7 Å². The lowest BCUT2D eigenvalue weighted by Crippen LogP contribution is -2.62. The van der Waals surface area contributed by atoms with Gasteiger partial charge in [-0.15, -0.1) is 0 Å². The summed E-state index contributed by atoms with van der Waals surface area (Å²) < 4.78 is 31.8. The van der Waals surface area contributed by atoms with Crippen LogP contribution in [0.5, 0.6) is 0 Å². The number of aromatic nitrogens is 5. The summed E-state index contributed by atoms with van der Waals surface area (Å²) in [7, 11) is 0. The second kappa shape index (κ2) is 10.5. The Hall–Kier alpha value is -3.50. The second-order valence-electron chi connectivity index (χ2n) is 11.3. The van der Waals surface area contributed by atoms with E-state index >= 15 is 4.39 Å². The molecule has 3 aliphatic rings. The summed E-state index contributed by atoms with van der Waals surface area (Å²) in [6.45, 7) is 13.7. The van der Waals surface area contributed by atoms with Crippen LogP contribution in [0.15, 0.2) is 36.7 Å². The molecule has 0 amide bonds. The van der Waals surface area contributed by atoms with Crippen LogP contribution in [-0.4, -0.2) is 66.0 Å². The number of hydrogen-bond donors (Lipinski definition) is 1. The number of fused-ring (bicyclic) bond motifs is 4. The maximum Gasteiger partial charge on any atom is 0.229 e. The van der Waals surface area contributed by atoms with Crippen LogP contribution in [0, 0.1) is 18.6 Å². The molecule has 0 radical (unpaired) electrons. The van der Waals surface area contributed by atoms with Crippen molar-refractivity contribution in [2.45, 2.75) is 71.6 Å². The first-order valence-electron chi connectivity index (χ1n) is 14.2. The highest BCUT2D eigenvalue weighted by molar-refractivity contribution is 5.83. The normalized spacial score (nSPS) is 20.5. The van der Waals surface area contributed by atoms with E-state index in [-0.39, 0.29) is 29.2 Å². The Morgan fingerprint density at radius 2 is 1.77 bits per heavy atom. The van der Waals surface area contributed by atoms with Crippen molar-refractivity contribution in [3.8, 4) is 11.3 Å². The van der Waals surface area contributed by atoms with Gasteiger partial charge in [0.2, 0.25) is 5.95 Å². The van der Waals surface area contributed by atoms with E-state index in [4.69, 9.17) is 0 Å². The molecule has 0 saturated carbocycles. The summed E-state index contributed by atoms with van der Waals surface area (Å²) >= 11 is 0. The maximum absolute atomic E-state index is 15.0. The van der Waals surface area contributed by atoms with Gasteiger partial charge in [-0.2, -0.15) is 0 Å². The van der Waals surface area contributed by atoms with E-state index < -0.39 is 11.6 Å². The minimum Gasteiger partial charge on any atom is -0.326 e. The average molecular weight is 547 g/mol. The molecule has 4 aromatic rings. The van der Waals surface area contributed by atoms with Crippen molar-refractivity contribution in [1.82, 2.24) is 34.3 Å². The van der Waals surface area contributed by atoms with Crippen molar-refractivity contribution in [3.05, 3.63) is 59.7 Å². The maximum atomic E-state index is 15.0. The number of hydrogen-bond acceptors (Lipinski definition) is 7. The highest BCUT2D eigenvalue weighted by atomic mass is 19.1. The number of anilines is 2. The summed E-state index contributed by atoms with van der Waals surface area (Å²) in [5, 5.41) is 3.08. The number of piperazine rings is 1. The molecule has 1 aromatic carbocycles. The minimum absolute atomic E-state index is 0.0129. The van der Waals surface area contributed by atoms with Gasteiger partial charge in [0, 0.05) is 49.0 Å². The predicted octanol–water partition coefficient (Wildman–Crippen LogP) is 6.03. The van der Waals surface area contributed by atoms with E-state index in [2.05, 4.69) is 55.0 Å². The predicted molar refractivity (Wildman–Crippen MR) is 152 cm³/mol. The first kappa shape index (κ1) is 26.7. The quantitative estimate of drug-likeness (QED) is 0.303. The highest BCUT2D eigenvalue weighted by Gasteiger charge is 2.40. The summed E-state index contributed by atoms with van der Waals surface area (Å²) in [6.07, 6.45) is 5.51. The molecule has 10 heteroatoms. The number of aryl methyl sites for hydroxylation is 1. The summed E-state index contributed by atoms with van der Waals surface area (Å²) in [4.78, 5) is 22.7. The number of nitrogens with zero attached hydrogens (tertiary/aromatic N) is 7. The van der Waals surface area contributed by atoms with E-state index in [1.165, 1.54) is 18.9 Å². The van der Waals surface area contributed by atoms with Gasteiger partial charge in [-0.05, 0) is 70.8 Å². The molecule has 7 rings (SSSR count). The van der Waals surface area contributed by atoms with Gasteiger partial charge >= 0.3 is 0 Å². The van der Waals surface area contributed by atoms with Crippen molar-refractivity contribution in [1.29, 1.82) is 0 Å². The van der Waals surface area contributed by atoms with E-state index in [9.17, 15) is 4.39 Å². The number of benzene rings is 1. The fourth-order valence-electron chi connectivity index (χ4n) is 6.53. The molecule has 40 heavy (non-hydrogen) atoms. The van der Waals surface area contributed by atoms with Crippen LogP contribution in [0.2, 0.25) is 0 Å². The number of imidazole rings is 1. The number of nitrogens with one attached hydrogen (secondary N) is 1. The molecule has 210 valence electrons.